The fraction of sp³-hybridized carbons (Fsp3) is 0.500. The summed E-state index contributed by atoms with van der Waals surface area (Å²) in [4.78, 5) is 20.0. The van der Waals surface area contributed by atoms with E-state index < -0.39 is 5.54 Å². The zero-order valence-corrected chi connectivity index (χ0v) is 18.9. The topological polar surface area (TPSA) is 76.5 Å². The molecule has 0 bridgehead atoms. The number of nitrogens with two attached hydrogens (primary N) is 1. The summed E-state index contributed by atoms with van der Waals surface area (Å²) >= 11 is 0. The molecule has 1 aromatic heterocycles. The summed E-state index contributed by atoms with van der Waals surface area (Å²) < 4.78 is 2.07. The van der Waals surface area contributed by atoms with Crippen LogP contribution in [0.5, 0.6) is 0 Å². The van der Waals surface area contributed by atoms with Crippen molar-refractivity contribution in [3.05, 3.63) is 53.8 Å². The molecule has 1 aliphatic heterocycles. The van der Waals surface area contributed by atoms with Gasteiger partial charge in [-0.1, -0.05) is 30.4 Å². The number of carbonyl (C=O) groups is 1. The van der Waals surface area contributed by atoms with Gasteiger partial charge in [-0.15, -0.1) is 0 Å². The first-order valence-electron chi connectivity index (χ1n) is 11.9. The van der Waals surface area contributed by atoms with Crippen molar-refractivity contribution in [3.8, 4) is 0 Å². The van der Waals surface area contributed by atoms with Crippen molar-refractivity contribution >= 4 is 22.8 Å². The van der Waals surface area contributed by atoms with Gasteiger partial charge in [0.05, 0.1) is 17.0 Å². The number of aliphatic imine (C=N–C) groups is 1. The lowest BCUT2D eigenvalue weighted by Crippen LogP contribution is -2.55. The number of hydrogen-bond donors (Lipinski definition) is 1. The fourth-order valence-electron chi connectivity index (χ4n) is 5.45. The number of carbonyl (C=O) groups excluding carboxylic acids is 1. The predicted octanol–water partition coefficient (Wildman–Crippen LogP) is 3.98. The minimum absolute atomic E-state index is 0.0391. The number of hydrogen-bond acceptors (Lipinski definition) is 4. The van der Waals surface area contributed by atoms with E-state index in [2.05, 4.69) is 54.2 Å². The zero-order chi connectivity index (χ0) is 22.0. The Labute approximate surface area is 188 Å². The van der Waals surface area contributed by atoms with Crippen molar-refractivity contribution < 1.29 is 4.79 Å². The molecule has 166 valence electrons. The molecule has 2 saturated carbocycles. The summed E-state index contributed by atoms with van der Waals surface area (Å²) in [5, 5.41) is 5.95. The zero-order valence-electron chi connectivity index (χ0n) is 18.9. The Morgan fingerprint density at radius 1 is 1.22 bits per heavy atom. The minimum Gasteiger partial charge on any atom is -0.369 e. The normalized spacial score (nSPS) is 30.6. The van der Waals surface area contributed by atoms with Gasteiger partial charge in [-0.2, -0.15) is 5.10 Å². The minimum atomic E-state index is -0.734. The Hall–Kier alpha value is -2.89. The molecule has 0 radical (unpaired) electrons. The lowest BCUT2D eigenvalue weighted by molar-refractivity contribution is -0.135. The molecule has 1 unspecified atom stereocenters. The highest BCUT2D eigenvalue weighted by atomic mass is 16.2. The Morgan fingerprint density at radius 2 is 2.03 bits per heavy atom. The monoisotopic (exact) mass is 429 g/mol. The predicted molar refractivity (Wildman–Crippen MR) is 126 cm³/mol. The van der Waals surface area contributed by atoms with Gasteiger partial charge in [-0.25, -0.2) is 4.99 Å². The molecular weight excluding hydrogens is 398 g/mol. The average molecular weight is 430 g/mol. The summed E-state index contributed by atoms with van der Waals surface area (Å²) in [6.07, 6.45) is 15.0. The van der Waals surface area contributed by atoms with Crippen LogP contribution in [0.4, 0.5) is 0 Å². The molecule has 6 heteroatoms. The van der Waals surface area contributed by atoms with E-state index in [1.54, 1.807) is 7.05 Å². The van der Waals surface area contributed by atoms with E-state index in [4.69, 9.17) is 15.8 Å². The van der Waals surface area contributed by atoms with Crippen molar-refractivity contribution in [1.29, 1.82) is 0 Å². The molecule has 0 saturated heterocycles. The summed E-state index contributed by atoms with van der Waals surface area (Å²) in [6.45, 7) is 3.05. The van der Waals surface area contributed by atoms with Gasteiger partial charge in [0.15, 0.2) is 5.96 Å². The van der Waals surface area contributed by atoms with Crippen molar-refractivity contribution in [2.45, 2.75) is 51.1 Å². The first-order chi connectivity index (χ1) is 15.4. The Balaban J connectivity index is 1.38. The molecule has 3 aliphatic carbocycles. The summed E-state index contributed by atoms with van der Waals surface area (Å²) in [6, 6.07) is 6.32. The summed E-state index contributed by atoms with van der Waals surface area (Å²) in [5.74, 6) is 1.61. The van der Waals surface area contributed by atoms with E-state index >= 15 is 0 Å². The quantitative estimate of drug-likeness (QED) is 0.781. The van der Waals surface area contributed by atoms with Crippen LogP contribution < -0.4 is 5.73 Å². The third-order valence-electron chi connectivity index (χ3n) is 7.81. The van der Waals surface area contributed by atoms with Gasteiger partial charge in [-0.3, -0.25) is 14.4 Å². The molecule has 0 spiro atoms. The third kappa shape index (κ3) is 3.28. The van der Waals surface area contributed by atoms with Crippen LogP contribution in [0.15, 0.2) is 53.2 Å². The van der Waals surface area contributed by atoms with Crippen LogP contribution in [0, 0.1) is 23.7 Å². The van der Waals surface area contributed by atoms with Crippen molar-refractivity contribution in [2.75, 3.05) is 7.05 Å². The van der Waals surface area contributed by atoms with Crippen LogP contribution >= 0.6 is 0 Å². The van der Waals surface area contributed by atoms with Crippen LogP contribution in [0.3, 0.4) is 0 Å². The van der Waals surface area contributed by atoms with E-state index in [0.717, 1.165) is 41.3 Å². The molecule has 2 aromatic rings. The molecule has 1 aromatic carbocycles. The maximum Gasteiger partial charge on any atom is 0.235 e. The van der Waals surface area contributed by atoms with Gasteiger partial charge in [0.2, 0.25) is 5.91 Å². The molecule has 1 amide bonds. The number of aromatic nitrogens is 2. The summed E-state index contributed by atoms with van der Waals surface area (Å²) in [5.41, 5.74) is 8.89. The largest absolute Gasteiger partial charge is 0.369 e. The molecule has 6 nitrogen and oxygen atoms in total. The van der Waals surface area contributed by atoms with Crippen molar-refractivity contribution in [3.63, 3.8) is 0 Å². The Kier molecular flexibility index (Phi) is 4.36. The second-order valence-electron chi connectivity index (χ2n) is 10.3. The van der Waals surface area contributed by atoms with Crippen LogP contribution in [0.25, 0.3) is 10.9 Å². The first-order valence-corrected chi connectivity index (χ1v) is 11.9. The number of fused-ring (bicyclic) bond motifs is 1. The highest BCUT2D eigenvalue weighted by Crippen LogP contribution is 2.46. The SMILES string of the molecule is CN1C(=O)[C@@H](C2C=CC(C3CC3)=CC2)[C@@](C)(c2ccc3cn(CC4CC4)nc3c2)N=C1N. The standard InChI is InChI=1S/C26H31N5O/c1-26(21-12-11-20-15-31(14-16-3-4-16)29-22(20)13-21)23(24(32)30(2)25(27)28-26)19-9-7-18(8-10-19)17-5-6-17/h7-9,11-13,15-17,19,23H,3-6,10,14H2,1-2H3,(H2,27,28)/t19?,23-,26-/m1/s1. The van der Waals surface area contributed by atoms with Crippen LogP contribution in [0.2, 0.25) is 0 Å². The third-order valence-corrected chi connectivity index (χ3v) is 7.81. The number of benzene rings is 1. The van der Waals surface area contributed by atoms with Crippen LogP contribution in [-0.4, -0.2) is 33.6 Å². The number of guanidine groups is 1. The molecule has 2 heterocycles. The highest BCUT2D eigenvalue weighted by Gasteiger charge is 2.49. The molecule has 2 fully saturated rings. The van der Waals surface area contributed by atoms with E-state index in [-0.39, 0.29) is 23.7 Å². The van der Waals surface area contributed by atoms with Gasteiger partial charge in [-0.05, 0) is 74.0 Å². The van der Waals surface area contributed by atoms with Gasteiger partial charge in [0.1, 0.15) is 0 Å². The first kappa shape index (κ1) is 19.8. The highest BCUT2D eigenvalue weighted by molar-refractivity contribution is 6.00. The second kappa shape index (κ2) is 7.06. The average Bonchev–Trinajstić information content (AvgIpc) is 3.70. The van der Waals surface area contributed by atoms with E-state index in [1.165, 1.54) is 36.2 Å². The molecule has 4 aliphatic rings. The number of amides is 1. The molecular formula is C26H31N5O. The van der Waals surface area contributed by atoms with E-state index in [0.29, 0.717) is 0 Å². The molecule has 3 atom stereocenters. The van der Waals surface area contributed by atoms with Gasteiger partial charge >= 0.3 is 0 Å². The number of nitrogens with zero attached hydrogens (tertiary/aromatic N) is 4. The Morgan fingerprint density at radius 3 is 2.72 bits per heavy atom. The number of rotatable bonds is 5. The van der Waals surface area contributed by atoms with E-state index in [1.807, 2.05) is 0 Å². The number of allylic oxidation sites excluding steroid dienone is 4. The van der Waals surface area contributed by atoms with E-state index in [9.17, 15) is 4.79 Å². The van der Waals surface area contributed by atoms with Gasteiger partial charge < -0.3 is 5.73 Å². The van der Waals surface area contributed by atoms with Crippen LogP contribution in [0.1, 0.15) is 44.6 Å². The smallest absolute Gasteiger partial charge is 0.235 e. The second-order valence-corrected chi connectivity index (χ2v) is 10.3. The molecule has 32 heavy (non-hydrogen) atoms. The molecule has 2 N–H and O–H groups in total. The summed E-state index contributed by atoms with van der Waals surface area (Å²) in [7, 11) is 1.73. The maximum absolute atomic E-state index is 13.5. The lowest BCUT2D eigenvalue weighted by Gasteiger charge is -2.43. The van der Waals surface area contributed by atoms with Gasteiger partial charge in [0, 0.05) is 25.2 Å². The van der Waals surface area contributed by atoms with Crippen LogP contribution in [-0.2, 0) is 16.9 Å². The van der Waals surface area contributed by atoms with Crippen molar-refractivity contribution in [2.24, 2.45) is 34.4 Å². The fourth-order valence-corrected chi connectivity index (χ4v) is 5.45. The van der Waals surface area contributed by atoms with Crippen molar-refractivity contribution in [1.82, 2.24) is 14.7 Å². The molecule has 6 rings (SSSR count). The maximum atomic E-state index is 13.5. The lowest BCUT2D eigenvalue weighted by atomic mass is 9.69. The van der Waals surface area contributed by atoms with Gasteiger partial charge in [0.25, 0.3) is 0 Å². The Bertz CT molecular complexity index is 1180.